The summed E-state index contributed by atoms with van der Waals surface area (Å²) in [4.78, 5) is 0. The van der Waals surface area contributed by atoms with Gasteiger partial charge in [0.25, 0.3) is 0 Å². The fourth-order valence-corrected chi connectivity index (χ4v) is 1.05. The topological polar surface area (TPSA) is 33.0 Å². The maximum absolute atomic E-state index is 8.66. The van der Waals surface area contributed by atoms with Gasteiger partial charge in [-0.25, -0.2) is 0 Å². The summed E-state index contributed by atoms with van der Waals surface area (Å²) in [6.45, 7) is 1.73. The molecule has 1 rings (SSSR count). The van der Waals surface area contributed by atoms with Crippen molar-refractivity contribution in [1.82, 2.24) is 0 Å². The molecule has 3 heteroatoms. The molecule has 0 heterocycles. The molecule has 0 aliphatic rings. The van der Waals surface area contributed by atoms with Crippen LogP contribution < -0.4 is 4.74 Å². The average Bonchev–Trinajstić information content (AvgIpc) is 2.21. The standard InChI is InChI=1S/C11H8ClNO/c1-3-8(2)14-11-6-9(7-13)4-5-10(11)12/h1,4-6,8H,2H3. The fourth-order valence-electron chi connectivity index (χ4n) is 0.888. The van der Waals surface area contributed by atoms with E-state index in [1.807, 2.05) is 6.07 Å². The summed E-state index contributed by atoms with van der Waals surface area (Å²) < 4.78 is 5.32. The lowest BCUT2D eigenvalue weighted by Gasteiger charge is -2.10. The monoisotopic (exact) mass is 205 g/mol. The Balaban J connectivity index is 2.97. The summed E-state index contributed by atoms with van der Waals surface area (Å²) >= 11 is 5.85. The van der Waals surface area contributed by atoms with Gasteiger partial charge < -0.3 is 4.74 Å². The number of hydrogen-bond donors (Lipinski definition) is 0. The summed E-state index contributed by atoms with van der Waals surface area (Å²) in [5.74, 6) is 2.86. The lowest BCUT2D eigenvalue weighted by molar-refractivity contribution is 0.279. The summed E-state index contributed by atoms with van der Waals surface area (Å²) in [7, 11) is 0. The Labute approximate surface area is 88.1 Å². The van der Waals surface area contributed by atoms with E-state index in [9.17, 15) is 0 Å². The molecular formula is C11H8ClNO. The summed E-state index contributed by atoms with van der Waals surface area (Å²) in [5.41, 5.74) is 0.494. The first-order valence-corrected chi connectivity index (χ1v) is 4.37. The SMILES string of the molecule is C#CC(C)Oc1cc(C#N)ccc1Cl. The Morgan fingerprint density at radius 2 is 2.29 bits per heavy atom. The molecule has 0 spiro atoms. The molecule has 2 nitrogen and oxygen atoms in total. The smallest absolute Gasteiger partial charge is 0.156 e. The molecule has 0 fully saturated rings. The van der Waals surface area contributed by atoms with Gasteiger partial charge in [-0.3, -0.25) is 0 Å². The van der Waals surface area contributed by atoms with Gasteiger partial charge >= 0.3 is 0 Å². The van der Waals surface area contributed by atoms with Crippen LogP contribution in [0.2, 0.25) is 5.02 Å². The maximum atomic E-state index is 8.66. The Hall–Kier alpha value is -1.64. The van der Waals surface area contributed by atoms with Crippen LogP contribution in [0.5, 0.6) is 5.75 Å². The highest BCUT2D eigenvalue weighted by Gasteiger charge is 2.05. The second-order valence-electron chi connectivity index (χ2n) is 2.68. The highest BCUT2D eigenvalue weighted by atomic mass is 35.5. The normalized spacial score (nSPS) is 11.1. The number of nitrogens with zero attached hydrogens (tertiary/aromatic N) is 1. The van der Waals surface area contributed by atoms with Crippen LogP contribution in [0, 0.1) is 23.7 Å². The zero-order valence-corrected chi connectivity index (χ0v) is 8.38. The minimum Gasteiger partial charge on any atom is -0.476 e. The molecule has 0 radical (unpaired) electrons. The van der Waals surface area contributed by atoms with Crippen LogP contribution in [0.3, 0.4) is 0 Å². The van der Waals surface area contributed by atoms with Crippen LogP contribution >= 0.6 is 11.6 Å². The van der Waals surface area contributed by atoms with Gasteiger partial charge in [0.2, 0.25) is 0 Å². The average molecular weight is 206 g/mol. The van der Waals surface area contributed by atoms with Crippen LogP contribution in [-0.4, -0.2) is 6.10 Å². The molecule has 0 saturated heterocycles. The third-order valence-corrected chi connectivity index (χ3v) is 1.91. The van der Waals surface area contributed by atoms with Gasteiger partial charge in [-0.1, -0.05) is 17.5 Å². The first-order valence-electron chi connectivity index (χ1n) is 4.00. The van der Waals surface area contributed by atoms with Gasteiger partial charge in [0, 0.05) is 0 Å². The zero-order valence-electron chi connectivity index (χ0n) is 7.62. The first kappa shape index (κ1) is 10.4. The Bertz CT molecular complexity index is 414. The van der Waals surface area contributed by atoms with E-state index < -0.39 is 0 Å². The molecule has 14 heavy (non-hydrogen) atoms. The quantitative estimate of drug-likeness (QED) is 0.696. The van der Waals surface area contributed by atoms with Crippen molar-refractivity contribution >= 4 is 11.6 Å². The molecule has 1 aromatic rings. The van der Waals surface area contributed by atoms with Gasteiger partial charge in [-0.15, -0.1) is 6.42 Å². The van der Waals surface area contributed by atoms with E-state index in [0.29, 0.717) is 16.3 Å². The third-order valence-electron chi connectivity index (χ3n) is 1.60. The molecule has 0 N–H and O–H groups in total. The van der Waals surface area contributed by atoms with Crippen molar-refractivity contribution in [3.05, 3.63) is 28.8 Å². The molecule has 0 aliphatic carbocycles. The summed E-state index contributed by atoms with van der Waals surface area (Å²) in [6.07, 6.45) is 4.80. The highest BCUT2D eigenvalue weighted by Crippen LogP contribution is 2.26. The van der Waals surface area contributed by atoms with Gasteiger partial charge in [0.15, 0.2) is 6.10 Å². The third kappa shape index (κ3) is 2.42. The second-order valence-corrected chi connectivity index (χ2v) is 3.09. The Morgan fingerprint density at radius 1 is 1.57 bits per heavy atom. The predicted molar refractivity (Wildman–Crippen MR) is 55.1 cm³/mol. The second kappa shape index (κ2) is 4.56. The van der Waals surface area contributed by atoms with Gasteiger partial charge in [-0.2, -0.15) is 5.26 Å². The van der Waals surface area contributed by atoms with Crippen molar-refractivity contribution in [2.45, 2.75) is 13.0 Å². The molecule has 0 aliphatic heterocycles. The van der Waals surface area contributed by atoms with Gasteiger partial charge in [0.1, 0.15) is 5.75 Å². The number of rotatable bonds is 2. The number of terminal acetylenes is 1. The van der Waals surface area contributed by atoms with E-state index in [1.54, 1.807) is 25.1 Å². The number of hydrogen-bond acceptors (Lipinski definition) is 2. The predicted octanol–water partition coefficient (Wildman–Crippen LogP) is 2.61. The minimum atomic E-state index is -0.360. The van der Waals surface area contributed by atoms with Crippen molar-refractivity contribution in [1.29, 1.82) is 5.26 Å². The number of ether oxygens (including phenoxy) is 1. The number of halogens is 1. The fraction of sp³-hybridized carbons (Fsp3) is 0.182. The van der Waals surface area contributed by atoms with Gasteiger partial charge in [-0.05, 0) is 25.1 Å². The van der Waals surface area contributed by atoms with Crippen LogP contribution in [0.15, 0.2) is 18.2 Å². The van der Waals surface area contributed by atoms with Crippen molar-refractivity contribution in [3.63, 3.8) is 0 Å². The van der Waals surface area contributed by atoms with E-state index in [1.165, 1.54) is 0 Å². The molecule has 0 amide bonds. The van der Waals surface area contributed by atoms with Gasteiger partial charge in [0.05, 0.1) is 16.7 Å². The van der Waals surface area contributed by atoms with E-state index >= 15 is 0 Å². The van der Waals surface area contributed by atoms with Crippen molar-refractivity contribution in [2.24, 2.45) is 0 Å². The molecule has 70 valence electrons. The molecule has 0 bridgehead atoms. The molecule has 0 aromatic heterocycles. The van der Waals surface area contributed by atoms with Crippen molar-refractivity contribution in [3.8, 4) is 24.2 Å². The first-order chi connectivity index (χ1) is 6.67. The van der Waals surface area contributed by atoms with Crippen LogP contribution in [0.4, 0.5) is 0 Å². The van der Waals surface area contributed by atoms with Crippen molar-refractivity contribution in [2.75, 3.05) is 0 Å². The summed E-state index contributed by atoms with van der Waals surface area (Å²) in [5, 5.41) is 9.11. The molecule has 1 atom stereocenters. The van der Waals surface area contributed by atoms with E-state index in [-0.39, 0.29) is 6.10 Å². The summed E-state index contributed by atoms with van der Waals surface area (Å²) in [6, 6.07) is 6.79. The van der Waals surface area contributed by atoms with Crippen LogP contribution in [0.1, 0.15) is 12.5 Å². The highest BCUT2D eigenvalue weighted by molar-refractivity contribution is 6.32. The van der Waals surface area contributed by atoms with E-state index in [2.05, 4.69) is 5.92 Å². The van der Waals surface area contributed by atoms with Crippen molar-refractivity contribution < 1.29 is 4.74 Å². The van der Waals surface area contributed by atoms with Crippen LogP contribution in [0.25, 0.3) is 0 Å². The molecule has 0 saturated carbocycles. The Morgan fingerprint density at radius 3 is 2.86 bits per heavy atom. The van der Waals surface area contributed by atoms with E-state index in [4.69, 9.17) is 28.0 Å². The molecular weight excluding hydrogens is 198 g/mol. The number of benzene rings is 1. The Kier molecular flexibility index (Phi) is 3.40. The van der Waals surface area contributed by atoms with Crippen LogP contribution in [-0.2, 0) is 0 Å². The number of nitriles is 1. The zero-order chi connectivity index (χ0) is 10.6. The lowest BCUT2D eigenvalue weighted by Crippen LogP contribution is -2.08. The minimum absolute atomic E-state index is 0.360. The van der Waals surface area contributed by atoms with E-state index in [0.717, 1.165) is 0 Å². The lowest BCUT2D eigenvalue weighted by atomic mass is 10.2. The maximum Gasteiger partial charge on any atom is 0.156 e. The molecule has 1 aromatic carbocycles. The molecule has 1 unspecified atom stereocenters. The largest absolute Gasteiger partial charge is 0.476 e.